The summed E-state index contributed by atoms with van der Waals surface area (Å²) in [4.78, 5) is 6.41. The fraction of sp³-hybridized carbons (Fsp3) is 0.579. The summed E-state index contributed by atoms with van der Waals surface area (Å²) < 4.78 is 6.59. The number of benzene rings is 1. The van der Waals surface area contributed by atoms with Crippen molar-refractivity contribution in [3.63, 3.8) is 0 Å². The molecule has 4 heterocycles. The zero-order valence-electron chi connectivity index (χ0n) is 13.3. The SMILES string of the molecule is CC[C@@]12CCCN3CCc4c([nH]c5ccccc45)[C@]31OCC2. The lowest BCUT2D eigenvalue weighted by molar-refractivity contribution is -0.217. The van der Waals surface area contributed by atoms with Gasteiger partial charge in [-0.3, -0.25) is 4.90 Å². The molecule has 0 radical (unpaired) electrons. The van der Waals surface area contributed by atoms with E-state index in [1.165, 1.54) is 54.4 Å². The maximum absolute atomic E-state index is 6.59. The second-order valence-electron chi connectivity index (χ2n) is 7.24. The summed E-state index contributed by atoms with van der Waals surface area (Å²) in [6.07, 6.45) is 6.17. The first-order chi connectivity index (χ1) is 10.8. The molecule has 1 aromatic heterocycles. The van der Waals surface area contributed by atoms with Crippen LogP contribution in [0.15, 0.2) is 24.3 Å². The Hall–Kier alpha value is -1.32. The van der Waals surface area contributed by atoms with Gasteiger partial charge < -0.3 is 9.72 Å². The van der Waals surface area contributed by atoms with Gasteiger partial charge in [-0.2, -0.15) is 0 Å². The largest absolute Gasteiger partial charge is 0.355 e. The summed E-state index contributed by atoms with van der Waals surface area (Å²) in [7, 11) is 0. The quantitative estimate of drug-likeness (QED) is 0.867. The van der Waals surface area contributed by atoms with Crippen molar-refractivity contribution in [2.75, 3.05) is 19.7 Å². The van der Waals surface area contributed by atoms with Crippen molar-refractivity contribution in [3.05, 3.63) is 35.5 Å². The number of H-pyrrole nitrogens is 1. The smallest absolute Gasteiger partial charge is 0.168 e. The molecule has 2 aromatic rings. The molecule has 1 spiro atoms. The number of ether oxygens (including phenoxy) is 1. The minimum atomic E-state index is -0.188. The highest BCUT2D eigenvalue weighted by atomic mass is 16.5. The van der Waals surface area contributed by atoms with Gasteiger partial charge in [0.2, 0.25) is 0 Å². The van der Waals surface area contributed by atoms with Crippen LogP contribution in [0.4, 0.5) is 0 Å². The maximum Gasteiger partial charge on any atom is 0.168 e. The Morgan fingerprint density at radius 3 is 3.05 bits per heavy atom. The lowest BCUT2D eigenvalue weighted by Crippen LogP contribution is -2.61. The van der Waals surface area contributed by atoms with Crippen LogP contribution in [-0.4, -0.2) is 29.6 Å². The highest BCUT2D eigenvalue weighted by Gasteiger charge is 2.63. The number of hydrogen-bond donors (Lipinski definition) is 1. The molecule has 22 heavy (non-hydrogen) atoms. The number of piperidine rings is 1. The molecule has 1 N–H and O–H groups in total. The highest BCUT2D eigenvalue weighted by molar-refractivity contribution is 5.85. The molecule has 5 rings (SSSR count). The Morgan fingerprint density at radius 2 is 2.14 bits per heavy atom. The van der Waals surface area contributed by atoms with Crippen LogP contribution in [0.2, 0.25) is 0 Å². The Kier molecular flexibility index (Phi) is 2.61. The third-order valence-electron chi connectivity index (χ3n) is 6.60. The standard InChI is InChI=1S/C19H24N2O/c1-2-18-9-5-11-21-12-8-15-14-6-3-4-7-16(14)20-17(15)19(18,21)22-13-10-18/h3-4,6-7,20H,2,5,8-13H2,1H3/t18-,19+/m0/s1. The van der Waals surface area contributed by atoms with Crippen LogP contribution in [0.3, 0.4) is 0 Å². The molecule has 2 atom stereocenters. The van der Waals surface area contributed by atoms with E-state index in [1.807, 2.05) is 0 Å². The monoisotopic (exact) mass is 296 g/mol. The summed E-state index contributed by atoms with van der Waals surface area (Å²) in [6, 6.07) is 8.76. The molecule has 2 fully saturated rings. The van der Waals surface area contributed by atoms with Crippen molar-refractivity contribution < 1.29 is 4.74 Å². The molecule has 0 aliphatic carbocycles. The molecule has 0 saturated carbocycles. The van der Waals surface area contributed by atoms with Crippen LogP contribution in [-0.2, 0) is 16.9 Å². The van der Waals surface area contributed by atoms with Gasteiger partial charge in [0.1, 0.15) is 0 Å². The molecule has 3 aliphatic heterocycles. The van der Waals surface area contributed by atoms with E-state index in [4.69, 9.17) is 4.74 Å². The molecule has 3 nitrogen and oxygen atoms in total. The Bertz CT molecular complexity index is 736. The first kappa shape index (κ1) is 13.1. The van der Waals surface area contributed by atoms with Crippen LogP contribution in [0.1, 0.15) is 43.9 Å². The van der Waals surface area contributed by atoms with Crippen LogP contribution in [0.25, 0.3) is 10.9 Å². The van der Waals surface area contributed by atoms with Gasteiger partial charge in [0.25, 0.3) is 0 Å². The van der Waals surface area contributed by atoms with Crippen molar-refractivity contribution in [3.8, 4) is 0 Å². The second-order valence-corrected chi connectivity index (χ2v) is 7.24. The van der Waals surface area contributed by atoms with Gasteiger partial charge in [0.15, 0.2) is 5.72 Å². The lowest BCUT2D eigenvalue weighted by atomic mass is 9.65. The van der Waals surface area contributed by atoms with E-state index in [2.05, 4.69) is 41.1 Å². The first-order valence-electron chi connectivity index (χ1n) is 8.80. The molecule has 2 saturated heterocycles. The number of nitrogens with one attached hydrogen (secondary N) is 1. The van der Waals surface area contributed by atoms with Crippen LogP contribution >= 0.6 is 0 Å². The number of nitrogens with zero attached hydrogens (tertiary/aromatic N) is 1. The topological polar surface area (TPSA) is 28.3 Å². The number of hydrogen-bond acceptors (Lipinski definition) is 2. The van der Waals surface area contributed by atoms with E-state index in [1.54, 1.807) is 0 Å². The Balaban J connectivity index is 1.81. The maximum atomic E-state index is 6.59. The number of aromatic nitrogens is 1. The summed E-state index contributed by atoms with van der Waals surface area (Å²) >= 11 is 0. The molecule has 3 heteroatoms. The fourth-order valence-electron chi connectivity index (χ4n) is 5.56. The summed E-state index contributed by atoms with van der Waals surface area (Å²) in [5.74, 6) is 0. The van der Waals surface area contributed by atoms with Crippen molar-refractivity contribution in [2.45, 2.75) is 44.8 Å². The molecule has 0 unspecified atom stereocenters. The van der Waals surface area contributed by atoms with E-state index < -0.39 is 0 Å². The van der Waals surface area contributed by atoms with E-state index in [0.29, 0.717) is 5.41 Å². The minimum Gasteiger partial charge on any atom is -0.355 e. The summed E-state index contributed by atoms with van der Waals surface area (Å²) in [5.41, 5.74) is 4.26. The van der Waals surface area contributed by atoms with Crippen LogP contribution in [0.5, 0.6) is 0 Å². The van der Waals surface area contributed by atoms with Crippen LogP contribution in [0, 0.1) is 5.41 Å². The Labute approximate surface area is 131 Å². The van der Waals surface area contributed by atoms with Crippen LogP contribution < -0.4 is 0 Å². The minimum absolute atomic E-state index is 0.188. The van der Waals surface area contributed by atoms with E-state index in [0.717, 1.165) is 19.6 Å². The molecule has 3 aliphatic rings. The van der Waals surface area contributed by atoms with E-state index in [9.17, 15) is 0 Å². The fourth-order valence-corrected chi connectivity index (χ4v) is 5.56. The van der Waals surface area contributed by atoms with Crippen molar-refractivity contribution in [1.29, 1.82) is 0 Å². The third-order valence-corrected chi connectivity index (χ3v) is 6.60. The first-order valence-corrected chi connectivity index (χ1v) is 8.80. The van der Waals surface area contributed by atoms with Gasteiger partial charge in [-0.1, -0.05) is 25.1 Å². The average molecular weight is 296 g/mol. The second kappa shape index (κ2) is 4.36. The summed E-state index contributed by atoms with van der Waals surface area (Å²) in [6.45, 7) is 5.57. The normalized spacial score (nSPS) is 34.4. The van der Waals surface area contributed by atoms with Crippen molar-refractivity contribution in [1.82, 2.24) is 9.88 Å². The highest BCUT2D eigenvalue weighted by Crippen LogP contribution is 2.61. The number of rotatable bonds is 1. The van der Waals surface area contributed by atoms with Gasteiger partial charge in [0.05, 0.1) is 12.3 Å². The number of aromatic amines is 1. The van der Waals surface area contributed by atoms with Gasteiger partial charge in [-0.05, 0) is 43.7 Å². The zero-order valence-corrected chi connectivity index (χ0v) is 13.3. The Morgan fingerprint density at radius 1 is 1.23 bits per heavy atom. The van der Waals surface area contributed by atoms with Gasteiger partial charge in [-0.15, -0.1) is 0 Å². The predicted octanol–water partition coefficient (Wildman–Crippen LogP) is 3.79. The molecule has 116 valence electrons. The molecule has 0 bridgehead atoms. The molecule has 1 aromatic carbocycles. The van der Waals surface area contributed by atoms with Crippen molar-refractivity contribution in [2.24, 2.45) is 5.41 Å². The molecular weight excluding hydrogens is 272 g/mol. The van der Waals surface area contributed by atoms with Crippen molar-refractivity contribution >= 4 is 10.9 Å². The van der Waals surface area contributed by atoms with Gasteiger partial charge in [0, 0.05) is 29.4 Å². The zero-order chi connectivity index (χ0) is 14.8. The van der Waals surface area contributed by atoms with Gasteiger partial charge in [-0.25, -0.2) is 0 Å². The molecular formula is C19H24N2O. The van der Waals surface area contributed by atoms with Gasteiger partial charge >= 0.3 is 0 Å². The third kappa shape index (κ3) is 1.35. The van der Waals surface area contributed by atoms with E-state index >= 15 is 0 Å². The van der Waals surface area contributed by atoms with E-state index in [-0.39, 0.29) is 5.72 Å². The predicted molar refractivity (Wildman–Crippen MR) is 87.8 cm³/mol. The lowest BCUT2D eigenvalue weighted by Gasteiger charge is -2.56. The number of para-hydroxylation sites is 1. The summed E-state index contributed by atoms with van der Waals surface area (Å²) in [5, 5.41) is 1.40. The molecule has 0 amide bonds. The number of fused-ring (bicyclic) bond motifs is 3. The average Bonchev–Trinajstić information content (AvgIpc) is 3.13.